The number of rotatable bonds is 2. The van der Waals surface area contributed by atoms with E-state index in [1.54, 1.807) is 19.4 Å². The molecule has 0 atom stereocenters. The fourth-order valence-electron chi connectivity index (χ4n) is 2.03. The second-order valence-electron chi connectivity index (χ2n) is 5.64. The van der Waals surface area contributed by atoms with Gasteiger partial charge in [-0.15, -0.1) is 0 Å². The molecule has 0 amide bonds. The molecule has 114 valence electrons. The summed E-state index contributed by atoms with van der Waals surface area (Å²) in [5, 5.41) is 1.91. The molecule has 1 aromatic heterocycles. The molecule has 0 aliphatic rings. The summed E-state index contributed by atoms with van der Waals surface area (Å²) in [4.78, 5) is 12.3. The first-order valence-corrected chi connectivity index (χ1v) is 7.93. The number of aromatic nitrogens is 1. The molecule has 21 heavy (non-hydrogen) atoms. The van der Waals surface area contributed by atoms with Gasteiger partial charge in [-0.3, -0.25) is 4.57 Å². The summed E-state index contributed by atoms with van der Waals surface area (Å²) < 4.78 is 12.1. The predicted octanol–water partition coefficient (Wildman–Crippen LogP) is 4.98. The van der Waals surface area contributed by atoms with E-state index in [4.69, 9.17) is 21.1 Å². The summed E-state index contributed by atoms with van der Waals surface area (Å²) in [6.45, 7) is 5.48. The van der Waals surface area contributed by atoms with E-state index in [2.05, 4.69) is 15.9 Å². The Morgan fingerprint density at radius 2 is 2.05 bits per heavy atom. The van der Waals surface area contributed by atoms with Crippen molar-refractivity contribution in [2.24, 2.45) is 0 Å². The van der Waals surface area contributed by atoms with Crippen molar-refractivity contribution in [3.05, 3.63) is 28.9 Å². The highest BCUT2D eigenvalue weighted by Crippen LogP contribution is 2.34. The van der Waals surface area contributed by atoms with Crippen LogP contribution in [0.5, 0.6) is 5.75 Å². The Morgan fingerprint density at radius 1 is 1.38 bits per heavy atom. The largest absolute Gasteiger partial charge is 0.497 e. The average molecular weight is 375 g/mol. The second kappa shape index (κ2) is 5.89. The smallest absolute Gasteiger partial charge is 0.419 e. The first kappa shape index (κ1) is 16.2. The lowest BCUT2D eigenvalue weighted by atomic mass is 10.2. The van der Waals surface area contributed by atoms with Crippen LogP contribution in [0.1, 0.15) is 26.3 Å². The van der Waals surface area contributed by atoms with E-state index < -0.39 is 11.7 Å². The van der Waals surface area contributed by atoms with E-state index in [1.807, 2.05) is 26.8 Å². The van der Waals surface area contributed by atoms with Crippen LogP contribution in [0.4, 0.5) is 4.79 Å². The van der Waals surface area contributed by atoms with E-state index in [-0.39, 0.29) is 0 Å². The number of alkyl halides is 1. The maximum absolute atomic E-state index is 12.3. The van der Waals surface area contributed by atoms with Crippen molar-refractivity contribution in [2.45, 2.75) is 31.7 Å². The van der Waals surface area contributed by atoms with Crippen LogP contribution >= 0.6 is 27.5 Å². The van der Waals surface area contributed by atoms with Crippen LogP contribution < -0.4 is 4.74 Å². The van der Waals surface area contributed by atoms with Crippen LogP contribution in [0.3, 0.4) is 0 Å². The number of methoxy groups -OCH3 is 1. The molecule has 2 aromatic rings. The zero-order valence-corrected chi connectivity index (χ0v) is 14.7. The Labute approximate surface area is 137 Å². The third kappa shape index (κ3) is 3.35. The lowest BCUT2D eigenvalue weighted by molar-refractivity contribution is 0.0544. The molecular weight excluding hydrogens is 358 g/mol. The number of carbonyl (C=O) groups excluding carboxylic acids is 1. The SMILES string of the molecule is COc1cc(Cl)c2c(c1)c(CBr)cn2C(=O)OC(C)(C)C. The third-order valence-electron chi connectivity index (χ3n) is 2.88. The number of hydrogen-bond donors (Lipinski definition) is 0. The molecular formula is C15H17BrClNO3. The highest BCUT2D eigenvalue weighted by Gasteiger charge is 2.22. The van der Waals surface area contributed by atoms with Crippen molar-refractivity contribution in [3.63, 3.8) is 0 Å². The Balaban J connectivity index is 2.62. The molecule has 0 aliphatic carbocycles. The topological polar surface area (TPSA) is 40.5 Å². The number of hydrogen-bond acceptors (Lipinski definition) is 3. The fraction of sp³-hybridized carbons (Fsp3) is 0.400. The highest BCUT2D eigenvalue weighted by atomic mass is 79.9. The minimum atomic E-state index is -0.568. The van der Waals surface area contributed by atoms with Gasteiger partial charge in [0.2, 0.25) is 0 Å². The molecule has 0 fully saturated rings. The predicted molar refractivity (Wildman–Crippen MR) is 87.8 cm³/mol. The van der Waals surface area contributed by atoms with Gasteiger partial charge in [0.05, 0.1) is 17.6 Å². The second-order valence-corrected chi connectivity index (χ2v) is 6.61. The lowest BCUT2D eigenvalue weighted by Gasteiger charge is -2.20. The Bertz CT molecular complexity index is 688. The molecule has 0 aliphatic heterocycles. The van der Waals surface area contributed by atoms with Crippen molar-refractivity contribution in [2.75, 3.05) is 7.11 Å². The van der Waals surface area contributed by atoms with Gasteiger partial charge >= 0.3 is 6.09 Å². The molecule has 0 saturated carbocycles. The highest BCUT2D eigenvalue weighted by molar-refractivity contribution is 9.08. The number of benzene rings is 1. The van der Waals surface area contributed by atoms with Crippen molar-refractivity contribution in [1.29, 1.82) is 0 Å². The zero-order chi connectivity index (χ0) is 15.8. The van der Waals surface area contributed by atoms with Gasteiger partial charge in [0.1, 0.15) is 11.4 Å². The molecule has 0 radical (unpaired) electrons. The molecule has 0 bridgehead atoms. The number of fused-ring (bicyclic) bond motifs is 1. The van der Waals surface area contributed by atoms with Gasteiger partial charge in [-0.1, -0.05) is 27.5 Å². The van der Waals surface area contributed by atoms with Crippen molar-refractivity contribution in [3.8, 4) is 5.75 Å². The standard InChI is InChI=1S/C15H17BrClNO3/c1-15(2,3)21-14(19)18-8-9(7-16)11-5-10(20-4)6-12(17)13(11)18/h5-6,8H,7H2,1-4H3. The Hall–Kier alpha value is -1.20. The zero-order valence-electron chi connectivity index (χ0n) is 12.4. The minimum Gasteiger partial charge on any atom is -0.497 e. The molecule has 1 aromatic carbocycles. The van der Waals surface area contributed by atoms with Crippen LogP contribution in [-0.4, -0.2) is 23.4 Å². The van der Waals surface area contributed by atoms with Crippen LogP contribution in [0.25, 0.3) is 10.9 Å². The monoisotopic (exact) mass is 373 g/mol. The molecule has 4 nitrogen and oxygen atoms in total. The van der Waals surface area contributed by atoms with Crippen LogP contribution in [-0.2, 0) is 10.1 Å². The van der Waals surface area contributed by atoms with E-state index in [0.717, 1.165) is 10.9 Å². The molecule has 6 heteroatoms. The maximum atomic E-state index is 12.3. The summed E-state index contributed by atoms with van der Waals surface area (Å²) >= 11 is 9.73. The summed E-state index contributed by atoms with van der Waals surface area (Å²) in [5.41, 5.74) is 0.999. The van der Waals surface area contributed by atoms with E-state index in [9.17, 15) is 4.79 Å². The summed E-state index contributed by atoms with van der Waals surface area (Å²) in [5.74, 6) is 0.650. The van der Waals surface area contributed by atoms with Crippen LogP contribution in [0.15, 0.2) is 18.3 Å². The van der Waals surface area contributed by atoms with Crippen molar-refractivity contribution >= 4 is 44.5 Å². The summed E-state index contributed by atoms with van der Waals surface area (Å²) in [7, 11) is 1.58. The van der Waals surface area contributed by atoms with Gasteiger partial charge in [0.25, 0.3) is 0 Å². The van der Waals surface area contributed by atoms with Gasteiger partial charge in [0, 0.05) is 23.0 Å². The quantitative estimate of drug-likeness (QED) is 0.696. The Kier molecular flexibility index (Phi) is 4.54. The van der Waals surface area contributed by atoms with Crippen LogP contribution in [0.2, 0.25) is 5.02 Å². The number of nitrogens with zero attached hydrogens (tertiary/aromatic N) is 1. The van der Waals surface area contributed by atoms with Crippen molar-refractivity contribution in [1.82, 2.24) is 4.57 Å². The number of ether oxygens (including phenoxy) is 2. The van der Waals surface area contributed by atoms with E-state index in [0.29, 0.717) is 21.6 Å². The molecule has 0 unspecified atom stereocenters. The number of carbonyl (C=O) groups is 1. The summed E-state index contributed by atoms with van der Waals surface area (Å²) in [6.07, 6.45) is 1.28. The molecule has 0 saturated heterocycles. The first-order valence-electron chi connectivity index (χ1n) is 6.43. The lowest BCUT2D eigenvalue weighted by Crippen LogP contribution is -2.26. The maximum Gasteiger partial charge on any atom is 0.419 e. The molecule has 1 heterocycles. The molecule has 0 spiro atoms. The Morgan fingerprint density at radius 3 is 2.57 bits per heavy atom. The van der Waals surface area contributed by atoms with E-state index >= 15 is 0 Å². The van der Waals surface area contributed by atoms with Gasteiger partial charge < -0.3 is 9.47 Å². The van der Waals surface area contributed by atoms with Crippen molar-refractivity contribution < 1.29 is 14.3 Å². The first-order chi connectivity index (χ1) is 9.76. The normalized spacial score (nSPS) is 11.7. The van der Waals surface area contributed by atoms with Crippen LogP contribution in [0, 0.1) is 0 Å². The minimum absolute atomic E-state index is 0.447. The van der Waals surface area contributed by atoms with Gasteiger partial charge in [0.15, 0.2) is 0 Å². The van der Waals surface area contributed by atoms with Gasteiger partial charge in [-0.05, 0) is 32.4 Å². The fourth-order valence-corrected chi connectivity index (χ4v) is 2.78. The average Bonchev–Trinajstić information content (AvgIpc) is 2.75. The molecule has 2 rings (SSSR count). The third-order valence-corrected chi connectivity index (χ3v) is 3.77. The van der Waals surface area contributed by atoms with Gasteiger partial charge in [-0.25, -0.2) is 4.79 Å². The molecule has 0 N–H and O–H groups in total. The van der Waals surface area contributed by atoms with E-state index in [1.165, 1.54) is 4.57 Å². The number of halogens is 2. The van der Waals surface area contributed by atoms with Gasteiger partial charge in [-0.2, -0.15) is 0 Å². The summed E-state index contributed by atoms with van der Waals surface area (Å²) in [6, 6.07) is 3.54.